The van der Waals surface area contributed by atoms with Crippen LogP contribution in [0, 0.1) is 5.82 Å². The van der Waals surface area contributed by atoms with Crippen LogP contribution in [0.1, 0.15) is 40.7 Å². The average molecular weight is 458 g/mol. The van der Waals surface area contributed by atoms with Gasteiger partial charge in [-0.05, 0) is 30.5 Å². The zero-order chi connectivity index (χ0) is 23.4. The normalized spacial score (nSPS) is 17.2. The number of aliphatic hydroxyl groups excluding tert-OH is 1. The summed E-state index contributed by atoms with van der Waals surface area (Å²) in [6.07, 6.45) is 1.99. The lowest BCUT2D eigenvalue weighted by Gasteiger charge is -2.32. The summed E-state index contributed by atoms with van der Waals surface area (Å²) in [5.41, 5.74) is -0.308. The third-order valence-electron chi connectivity index (χ3n) is 5.32. The molecular formula is C21H23FN6O5. The highest BCUT2D eigenvalue weighted by atomic mass is 19.1. The predicted octanol–water partition coefficient (Wildman–Crippen LogP) is 0.349. The lowest BCUT2D eigenvalue weighted by Crippen LogP contribution is -2.44. The molecule has 3 heterocycles. The summed E-state index contributed by atoms with van der Waals surface area (Å²) in [6, 6.07) is 6.65. The van der Waals surface area contributed by atoms with Crippen molar-refractivity contribution in [2.75, 3.05) is 13.1 Å². The second-order valence-electron chi connectivity index (χ2n) is 7.83. The highest BCUT2D eigenvalue weighted by molar-refractivity contribution is 5.92. The van der Waals surface area contributed by atoms with Gasteiger partial charge in [0.1, 0.15) is 17.2 Å². The Balaban J connectivity index is 1.30. The molecule has 1 amide bonds. The van der Waals surface area contributed by atoms with E-state index in [9.17, 15) is 23.9 Å². The minimum atomic E-state index is -0.865. The van der Waals surface area contributed by atoms with Crippen molar-refractivity contribution in [3.63, 3.8) is 0 Å². The number of hydrogen-bond acceptors (Lipinski definition) is 7. The van der Waals surface area contributed by atoms with Crippen LogP contribution < -0.4 is 11.2 Å². The maximum atomic E-state index is 13.0. The SMILES string of the molecule is O=C(c1cc(=O)[nH]c(=O)[nH]1)N1CCCC(OCc2cn(C[C@H](O)c3ccc(F)cc3)nn2)C1. The predicted molar refractivity (Wildman–Crippen MR) is 113 cm³/mol. The maximum Gasteiger partial charge on any atom is 0.326 e. The number of carbonyl (C=O) groups is 1. The van der Waals surface area contributed by atoms with Gasteiger partial charge in [-0.3, -0.25) is 14.6 Å². The quantitative estimate of drug-likeness (QED) is 0.463. The maximum absolute atomic E-state index is 13.0. The van der Waals surface area contributed by atoms with E-state index in [0.29, 0.717) is 30.8 Å². The highest BCUT2D eigenvalue weighted by Gasteiger charge is 2.26. The number of piperidine rings is 1. The van der Waals surface area contributed by atoms with E-state index >= 15 is 0 Å². The van der Waals surface area contributed by atoms with Crippen molar-refractivity contribution in [3.8, 4) is 0 Å². The molecule has 1 aliphatic rings. The van der Waals surface area contributed by atoms with Gasteiger partial charge in [0.15, 0.2) is 0 Å². The van der Waals surface area contributed by atoms with Crippen molar-refractivity contribution in [3.05, 3.63) is 80.1 Å². The van der Waals surface area contributed by atoms with Gasteiger partial charge < -0.3 is 19.7 Å². The number of benzene rings is 1. The second-order valence-corrected chi connectivity index (χ2v) is 7.83. The van der Waals surface area contributed by atoms with Crippen LogP contribution in [0.2, 0.25) is 0 Å². The molecule has 11 nitrogen and oxygen atoms in total. The molecule has 2 aromatic heterocycles. The Kier molecular flexibility index (Phi) is 6.75. The first-order chi connectivity index (χ1) is 15.9. The minimum Gasteiger partial charge on any atom is -0.386 e. The first-order valence-corrected chi connectivity index (χ1v) is 10.4. The van der Waals surface area contributed by atoms with E-state index in [4.69, 9.17) is 4.74 Å². The molecule has 2 atom stereocenters. The number of carbonyl (C=O) groups excluding carboxylic acids is 1. The lowest BCUT2D eigenvalue weighted by atomic mass is 10.1. The number of aromatic nitrogens is 5. The zero-order valence-corrected chi connectivity index (χ0v) is 17.6. The van der Waals surface area contributed by atoms with Crippen molar-refractivity contribution in [2.45, 2.75) is 38.2 Å². The number of H-pyrrole nitrogens is 2. The molecule has 0 saturated carbocycles. The minimum absolute atomic E-state index is 0.0629. The van der Waals surface area contributed by atoms with Gasteiger partial charge in [-0.2, -0.15) is 0 Å². The highest BCUT2D eigenvalue weighted by Crippen LogP contribution is 2.17. The van der Waals surface area contributed by atoms with Gasteiger partial charge >= 0.3 is 5.69 Å². The smallest absolute Gasteiger partial charge is 0.326 e. The van der Waals surface area contributed by atoms with Crippen molar-refractivity contribution >= 4 is 5.91 Å². The monoisotopic (exact) mass is 458 g/mol. The summed E-state index contributed by atoms with van der Waals surface area (Å²) >= 11 is 0. The lowest BCUT2D eigenvalue weighted by molar-refractivity contribution is -0.00806. The van der Waals surface area contributed by atoms with E-state index in [-0.39, 0.29) is 30.8 Å². The van der Waals surface area contributed by atoms with Crippen LogP contribution in [0.4, 0.5) is 4.39 Å². The van der Waals surface area contributed by atoms with Crippen LogP contribution in [0.3, 0.4) is 0 Å². The second kappa shape index (κ2) is 9.88. The van der Waals surface area contributed by atoms with Crippen molar-refractivity contribution in [1.82, 2.24) is 29.9 Å². The van der Waals surface area contributed by atoms with Gasteiger partial charge in [0, 0.05) is 19.2 Å². The zero-order valence-electron chi connectivity index (χ0n) is 17.6. The standard InChI is InChI=1S/C21H23FN6O5/c22-14-5-3-13(4-6-14)18(29)11-28-9-15(25-26-28)12-33-16-2-1-7-27(10-16)20(31)17-8-19(30)24-21(32)23-17/h3-6,8-9,16,18,29H,1-2,7,10-12H2,(H2,23,24,30,32)/t16?,18-/m0/s1. The summed E-state index contributed by atoms with van der Waals surface area (Å²) < 4.78 is 20.4. The van der Waals surface area contributed by atoms with E-state index in [1.54, 1.807) is 6.20 Å². The molecule has 174 valence electrons. The number of amides is 1. The molecule has 0 spiro atoms. The summed E-state index contributed by atoms with van der Waals surface area (Å²) in [7, 11) is 0. The fourth-order valence-corrected chi connectivity index (χ4v) is 3.68. The van der Waals surface area contributed by atoms with Gasteiger partial charge in [-0.1, -0.05) is 17.3 Å². The Morgan fingerprint density at radius 2 is 2.06 bits per heavy atom. The number of aromatic amines is 2. The third kappa shape index (κ3) is 5.79. The van der Waals surface area contributed by atoms with Crippen molar-refractivity contribution < 1.29 is 19.0 Å². The van der Waals surface area contributed by atoms with Crippen molar-refractivity contribution in [1.29, 1.82) is 0 Å². The summed E-state index contributed by atoms with van der Waals surface area (Å²) in [5, 5.41) is 18.3. The molecule has 0 radical (unpaired) electrons. The van der Waals surface area contributed by atoms with Crippen LogP contribution in [0.5, 0.6) is 0 Å². The molecule has 0 aliphatic carbocycles. The molecule has 3 aromatic rings. The van der Waals surface area contributed by atoms with Crippen molar-refractivity contribution in [2.24, 2.45) is 0 Å². The van der Waals surface area contributed by atoms with E-state index in [0.717, 1.165) is 12.5 Å². The molecular weight excluding hydrogens is 435 g/mol. The molecule has 1 aromatic carbocycles. The topological polar surface area (TPSA) is 146 Å². The molecule has 1 fully saturated rings. The van der Waals surface area contributed by atoms with Crippen LogP contribution in [0.25, 0.3) is 0 Å². The number of hydrogen-bond donors (Lipinski definition) is 3. The number of nitrogens with one attached hydrogen (secondary N) is 2. The Morgan fingerprint density at radius 3 is 2.82 bits per heavy atom. The molecule has 1 aliphatic heterocycles. The summed E-state index contributed by atoms with van der Waals surface area (Å²) in [6.45, 7) is 1.12. The largest absolute Gasteiger partial charge is 0.386 e. The third-order valence-corrected chi connectivity index (χ3v) is 5.32. The van der Waals surface area contributed by atoms with Gasteiger partial charge in [-0.25, -0.2) is 13.9 Å². The molecule has 3 N–H and O–H groups in total. The Hall–Kier alpha value is -3.64. The van der Waals surface area contributed by atoms with Gasteiger partial charge in [0.2, 0.25) is 0 Å². The Labute approximate surface area is 186 Å². The summed E-state index contributed by atoms with van der Waals surface area (Å²) in [4.78, 5) is 41.5. The van der Waals surface area contributed by atoms with Gasteiger partial charge in [-0.15, -0.1) is 5.10 Å². The number of halogens is 1. The fourth-order valence-electron chi connectivity index (χ4n) is 3.68. The molecule has 0 bridgehead atoms. The van der Waals surface area contributed by atoms with E-state index in [2.05, 4.69) is 15.3 Å². The van der Waals surface area contributed by atoms with E-state index in [1.165, 1.54) is 33.8 Å². The molecule has 33 heavy (non-hydrogen) atoms. The van der Waals surface area contributed by atoms with Gasteiger partial charge in [0.25, 0.3) is 11.5 Å². The molecule has 4 rings (SSSR count). The van der Waals surface area contributed by atoms with E-state index < -0.39 is 23.3 Å². The first-order valence-electron chi connectivity index (χ1n) is 10.4. The number of nitrogens with zero attached hydrogens (tertiary/aromatic N) is 4. The number of ether oxygens (including phenoxy) is 1. The van der Waals surface area contributed by atoms with Crippen LogP contribution in [-0.2, 0) is 17.9 Å². The number of aliphatic hydroxyl groups is 1. The molecule has 1 saturated heterocycles. The first kappa shape index (κ1) is 22.6. The Bertz CT molecular complexity index is 1190. The van der Waals surface area contributed by atoms with Crippen LogP contribution in [-0.4, -0.2) is 60.1 Å². The Morgan fingerprint density at radius 1 is 1.27 bits per heavy atom. The molecule has 1 unspecified atom stereocenters. The number of rotatable bonds is 7. The fraction of sp³-hybridized carbons (Fsp3) is 0.381. The van der Waals surface area contributed by atoms with Crippen LogP contribution in [0.15, 0.2) is 46.1 Å². The van der Waals surface area contributed by atoms with Crippen LogP contribution >= 0.6 is 0 Å². The van der Waals surface area contributed by atoms with E-state index in [1.807, 2.05) is 4.98 Å². The summed E-state index contributed by atoms with van der Waals surface area (Å²) in [5.74, 6) is -0.813. The average Bonchev–Trinajstić information content (AvgIpc) is 3.24. The number of likely N-dealkylation sites (tertiary alicyclic amines) is 1. The van der Waals surface area contributed by atoms with Gasteiger partial charge in [0.05, 0.1) is 31.6 Å². The molecule has 12 heteroatoms.